The van der Waals surface area contributed by atoms with Crippen LogP contribution in [0.1, 0.15) is 33.2 Å². The Labute approximate surface area is 228 Å². The molecule has 0 amide bonds. The predicted octanol–water partition coefficient (Wildman–Crippen LogP) is 2.35. The molecule has 0 saturated heterocycles. The van der Waals surface area contributed by atoms with E-state index in [2.05, 4.69) is 0 Å². The molecule has 0 fully saturated rings. The lowest BCUT2D eigenvalue weighted by molar-refractivity contribution is -0.112. The second-order valence-electron chi connectivity index (χ2n) is 9.36. The zero-order valence-corrected chi connectivity index (χ0v) is 21.5. The Morgan fingerprint density at radius 1 is 0.550 bits per heavy atom. The molecule has 2 aliphatic carbocycles. The summed E-state index contributed by atoms with van der Waals surface area (Å²) < 4.78 is 11.5. The maximum Gasteiger partial charge on any atom is 0.343 e. The molecule has 6 nitrogen and oxygen atoms in total. The van der Waals surface area contributed by atoms with Crippen molar-refractivity contribution in [1.82, 2.24) is 0 Å². The Kier molecular flexibility index (Phi) is 6.28. The fourth-order valence-electron chi connectivity index (χ4n) is 4.98. The molecule has 2 aliphatic rings. The second-order valence-corrected chi connectivity index (χ2v) is 9.36. The highest BCUT2D eigenvalue weighted by molar-refractivity contribution is 6.58. The van der Waals surface area contributed by atoms with Crippen LogP contribution in [0.4, 0.5) is 0 Å². The van der Waals surface area contributed by atoms with Crippen LogP contribution in [0.2, 0.25) is 0 Å². The average molecular weight is 527 g/mol. The van der Waals surface area contributed by atoms with Crippen LogP contribution < -0.4 is 20.9 Å². The summed E-state index contributed by atoms with van der Waals surface area (Å²) in [7, 11) is 0. The maximum absolute atomic E-state index is 14.1. The number of esters is 2. The largest absolute Gasteiger partial charge is 0.418 e. The van der Waals surface area contributed by atoms with Gasteiger partial charge in [0.1, 0.15) is 0 Å². The van der Waals surface area contributed by atoms with Crippen molar-refractivity contribution < 1.29 is 28.7 Å². The highest BCUT2D eigenvalue weighted by Crippen LogP contribution is 2.26. The summed E-state index contributed by atoms with van der Waals surface area (Å²) in [5, 5.41) is 1.49. The standard InChI is InChI=1S/C34H22O6/c1-2-20-17-18-24-26(19-20)32(40-34(38)22-13-7-4-8-14-22)30(36)27-23-15-9-10-16-25(23)31(29(35)28(24)27)39-33(37)21-11-5-3-6-12-21/h3-19H,2H2,1H3. The first-order valence-corrected chi connectivity index (χ1v) is 12.8. The zero-order valence-electron chi connectivity index (χ0n) is 21.5. The first-order chi connectivity index (χ1) is 19.5. The van der Waals surface area contributed by atoms with E-state index in [9.17, 15) is 19.2 Å². The van der Waals surface area contributed by atoms with Gasteiger partial charge in [0.15, 0.2) is 11.5 Å². The third kappa shape index (κ3) is 4.16. The number of carbonyl (C=O) groups is 4. The fraction of sp³-hybridized carbons (Fsp3) is 0.0588. The molecule has 0 N–H and O–H groups in total. The molecular formula is C34H22O6. The number of hydrogen-bond acceptors (Lipinski definition) is 6. The van der Waals surface area contributed by atoms with Crippen molar-refractivity contribution in [2.45, 2.75) is 13.3 Å². The number of rotatable bonds is 5. The van der Waals surface area contributed by atoms with Gasteiger partial charge in [-0.05, 0) is 52.8 Å². The molecule has 0 atom stereocenters. The number of fused-ring (bicyclic) bond motifs is 3. The van der Waals surface area contributed by atoms with Crippen LogP contribution in [-0.2, 0) is 25.5 Å². The van der Waals surface area contributed by atoms with Crippen molar-refractivity contribution in [3.8, 4) is 0 Å². The average Bonchev–Trinajstić information content (AvgIpc) is 3.00. The van der Waals surface area contributed by atoms with Gasteiger partial charge in [-0.1, -0.05) is 79.7 Å². The SMILES string of the molecule is CCc1ccc2c(c1)=C(OC(=O)c1ccccc1)C(=O)C1=c3ccccc3=C(OC(=O)c3ccccc3)C(=O)C=21. The monoisotopic (exact) mass is 526 g/mol. The molecule has 6 rings (SSSR count). The van der Waals surface area contributed by atoms with E-state index < -0.39 is 23.5 Å². The van der Waals surface area contributed by atoms with Gasteiger partial charge in [0.25, 0.3) is 0 Å². The minimum absolute atomic E-state index is 0.104. The lowest BCUT2D eigenvalue weighted by Gasteiger charge is -2.22. The molecule has 0 saturated carbocycles. The van der Waals surface area contributed by atoms with E-state index in [1.165, 1.54) is 0 Å². The lowest BCUT2D eigenvalue weighted by Crippen LogP contribution is -2.48. The van der Waals surface area contributed by atoms with Gasteiger partial charge in [-0.25, -0.2) is 9.59 Å². The van der Waals surface area contributed by atoms with Crippen LogP contribution in [-0.4, -0.2) is 23.5 Å². The van der Waals surface area contributed by atoms with E-state index in [0.29, 0.717) is 32.9 Å². The first kappa shape index (κ1) is 24.9. The van der Waals surface area contributed by atoms with Gasteiger partial charge in [-0.2, -0.15) is 0 Å². The van der Waals surface area contributed by atoms with Crippen molar-refractivity contribution in [2.75, 3.05) is 0 Å². The minimum Gasteiger partial charge on any atom is -0.418 e. The molecule has 194 valence electrons. The van der Waals surface area contributed by atoms with Gasteiger partial charge < -0.3 is 9.47 Å². The molecule has 0 radical (unpaired) electrons. The maximum atomic E-state index is 14.1. The van der Waals surface area contributed by atoms with E-state index in [0.717, 1.165) is 5.56 Å². The van der Waals surface area contributed by atoms with Crippen LogP contribution in [0, 0.1) is 0 Å². The molecule has 0 aliphatic heterocycles. The van der Waals surface area contributed by atoms with Crippen molar-refractivity contribution in [1.29, 1.82) is 0 Å². The number of ether oxygens (including phenoxy) is 2. The summed E-state index contributed by atoms with van der Waals surface area (Å²) >= 11 is 0. The Balaban J connectivity index is 1.61. The molecule has 0 unspecified atom stereocenters. The highest BCUT2D eigenvalue weighted by Gasteiger charge is 2.37. The molecule has 0 bridgehead atoms. The smallest absolute Gasteiger partial charge is 0.343 e. The summed E-state index contributed by atoms with van der Waals surface area (Å²) in [6, 6.07) is 28.9. The third-order valence-electron chi connectivity index (χ3n) is 6.97. The van der Waals surface area contributed by atoms with Crippen molar-refractivity contribution in [2.24, 2.45) is 0 Å². The molecule has 4 aromatic rings. The van der Waals surface area contributed by atoms with Gasteiger partial charge in [-0.3, -0.25) is 9.59 Å². The van der Waals surface area contributed by atoms with E-state index in [-0.39, 0.29) is 28.2 Å². The van der Waals surface area contributed by atoms with Gasteiger partial charge >= 0.3 is 11.9 Å². The third-order valence-corrected chi connectivity index (χ3v) is 6.97. The highest BCUT2D eigenvalue weighted by atomic mass is 16.5. The van der Waals surface area contributed by atoms with Crippen LogP contribution in [0.25, 0.3) is 22.7 Å². The summed E-state index contributed by atoms with van der Waals surface area (Å²) in [5.74, 6) is -2.85. The van der Waals surface area contributed by atoms with E-state index in [4.69, 9.17) is 9.47 Å². The minimum atomic E-state index is -0.685. The van der Waals surface area contributed by atoms with E-state index in [1.807, 2.05) is 13.0 Å². The van der Waals surface area contributed by atoms with Crippen LogP contribution in [0.15, 0.2) is 103 Å². The van der Waals surface area contributed by atoms with Gasteiger partial charge in [0.2, 0.25) is 11.6 Å². The molecule has 6 heteroatoms. The van der Waals surface area contributed by atoms with Gasteiger partial charge in [0, 0.05) is 21.6 Å². The summed E-state index contributed by atoms with van der Waals surface area (Å²) in [6.45, 7) is 1.96. The number of ketones is 2. The zero-order chi connectivity index (χ0) is 27.8. The Morgan fingerprint density at radius 2 is 1.00 bits per heavy atom. The summed E-state index contributed by atoms with van der Waals surface area (Å²) in [4.78, 5) is 54.2. The molecule has 40 heavy (non-hydrogen) atoms. The number of aryl methyl sites for hydroxylation is 1. The normalized spacial score (nSPS) is 13.8. The number of hydrogen-bond donors (Lipinski definition) is 0. The van der Waals surface area contributed by atoms with Crippen LogP contribution >= 0.6 is 0 Å². The number of Topliss-reactive ketones (excluding diaryl/α,β-unsaturated/α-hetero) is 2. The topological polar surface area (TPSA) is 86.7 Å². The Morgan fingerprint density at radius 3 is 1.52 bits per heavy atom. The van der Waals surface area contributed by atoms with Gasteiger partial charge in [-0.15, -0.1) is 0 Å². The van der Waals surface area contributed by atoms with Crippen molar-refractivity contribution in [3.05, 3.63) is 141 Å². The Hall–Kier alpha value is -5.36. The fourth-order valence-corrected chi connectivity index (χ4v) is 4.98. The summed E-state index contributed by atoms with van der Waals surface area (Å²) in [6.07, 6.45) is 0.663. The summed E-state index contributed by atoms with van der Waals surface area (Å²) in [5.41, 5.74) is 1.69. The molecular weight excluding hydrogens is 504 g/mol. The lowest BCUT2D eigenvalue weighted by atomic mass is 9.83. The quantitative estimate of drug-likeness (QED) is 0.371. The number of benzene rings is 4. The molecule has 0 aromatic heterocycles. The number of carbonyl (C=O) groups excluding carboxylic acids is 4. The molecule has 0 spiro atoms. The van der Waals surface area contributed by atoms with Crippen LogP contribution in [0.5, 0.6) is 0 Å². The van der Waals surface area contributed by atoms with Crippen molar-refractivity contribution >= 4 is 46.2 Å². The molecule has 0 heterocycles. The van der Waals surface area contributed by atoms with Crippen molar-refractivity contribution in [3.63, 3.8) is 0 Å². The first-order valence-electron chi connectivity index (χ1n) is 12.8. The van der Waals surface area contributed by atoms with E-state index >= 15 is 0 Å². The predicted molar refractivity (Wildman–Crippen MR) is 148 cm³/mol. The second kappa shape index (κ2) is 10.1. The van der Waals surface area contributed by atoms with Gasteiger partial charge in [0.05, 0.1) is 11.1 Å². The van der Waals surface area contributed by atoms with E-state index in [1.54, 1.807) is 97.1 Å². The Bertz CT molecular complexity index is 1990. The van der Waals surface area contributed by atoms with Crippen LogP contribution in [0.3, 0.4) is 0 Å². The molecule has 4 aromatic carbocycles.